The van der Waals surface area contributed by atoms with Crippen LogP contribution in [0.3, 0.4) is 0 Å². The van der Waals surface area contributed by atoms with Crippen molar-refractivity contribution < 1.29 is 9.16 Å². The summed E-state index contributed by atoms with van der Waals surface area (Å²) in [5, 5.41) is 0. The van der Waals surface area contributed by atoms with Crippen molar-refractivity contribution in [2.45, 2.75) is 57.2 Å². The zero-order chi connectivity index (χ0) is 8.77. The van der Waals surface area contributed by atoms with Crippen LogP contribution in [0.5, 0.6) is 0 Å². The van der Waals surface area contributed by atoms with Crippen molar-refractivity contribution in [2.75, 3.05) is 0 Å². The van der Waals surface area contributed by atoms with E-state index in [9.17, 15) is 0 Å². The van der Waals surface area contributed by atoms with Crippen molar-refractivity contribution in [2.24, 2.45) is 0 Å². The molecule has 0 unspecified atom stereocenters. The second-order valence-corrected chi connectivity index (χ2v) is 9.30. The summed E-state index contributed by atoms with van der Waals surface area (Å²) >= 11 is 0. The third-order valence-corrected chi connectivity index (χ3v) is 3.48. The van der Waals surface area contributed by atoms with Crippen molar-refractivity contribution in [1.82, 2.24) is 0 Å². The van der Waals surface area contributed by atoms with Gasteiger partial charge >= 0.3 is 0 Å². The average molecular weight is 186 g/mol. The Balaban J connectivity index is 1.87. The third kappa shape index (κ3) is 1.89. The zero-order valence-electron chi connectivity index (χ0n) is 8.17. The van der Waals surface area contributed by atoms with E-state index in [1.165, 1.54) is 19.3 Å². The maximum atomic E-state index is 6.05. The SMILES string of the molecule is C[Si](C)(C)O[C@H]1CCC[C@@H]2O[C@@H]21. The van der Waals surface area contributed by atoms with Crippen LogP contribution in [0.25, 0.3) is 0 Å². The van der Waals surface area contributed by atoms with Gasteiger partial charge in [0.1, 0.15) is 6.10 Å². The molecule has 12 heavy (non-hydrogen) atoms. The molecular formula is C9H18O2Si. The Hall–Kier alpha value is 0.137. The maximum Gasteiger partial charge on any atom is 0.184 e. The smallest absolute Gasteiger partial charge is 0.184 e. The molecule has 2 fully saturated rings. The fourth-order valence-electron chi connectivity index (χ4n) is 1.98. The van der Waals surface area contributed by atoms with E-state index in [0.29, 0.717) is 18.3 Å². The van der Waals surface area contributed by atoms with Gasteiger partial charge in [-0.05, 0) is 38.9 Å². The summed E-state index contributed by atoms with van der Waals surface area (Å²) in [6, 6.07) is 0. The lowest BCUT2D eigenvalue weighted by Crippen LogP contribution is -2.36. The summed E-state index contributed by atoms with van der Waals surface area (Å²) in [6.07, 6.45) is 5.21. The standard InChI is InChI=1S/C9H18O2Si/c1-12(2,3)11-8-6-4-5-7-9(8)10-7/h7-9H,4-6H2,1-3H3/t7-,8-,9-/m0/s1. The molecule has 2 aliphatic rings. The molecule has 0 N–H and O–H groups in total. The van der Waals surface area contributed by atoms with Crippen LogP contribution in [0.2, 0.25) is 19.6 Å². The van der Waals surface area contributed by atoms with Crippen LogP contribution in [0.15, 0.2) is 0 Å². The minimum absolute atomic E-state index is 0.426. The zero-order valence-corrected chi connectivity index (χ0v) is 9.17. The van der Waals surface area contributed by atoms with E-state index in [-0.39, 0.29) is 0 Å². The van der Waals surface area contributed by atoms with Gasteiger partial charge in [0, 0.05) is 0 Å². The Kier molecular flexibility index (Phi) is 2.05. The van der Waals surface area contributed by atoms with E-state index in [2.05, 4.69) is 19.6 Å². The van der Waals surface area contributed by atoms with Gasteiger partial charge in [0.15, 0.2) is 8.32 Å². The Morgan fingerprint density at radius 3 is 2.67 bits per heavy atom. The van der Waals surface area contributed by atoms with E-state index in [4.69, 9.17) is 9.16 Å². The second kappa shape index (κ2) is 2.82. The summed E-state index contributed by atoms with van der Waals surface area (Å²) in [4.78, 5) is 0. The number of fused-ring (bicyclic) bond motifs is 1. The van der Waals surface area contributed by atoms with Gasteiger partial charge in [0.2, 0.25) is 0 Å². The molecule has 1 saturated heterocycles. The summed E-state index contributed by atoms with van der Waals surface area (Å²) in [5.41, 5.74) is 0. The normalized spacial score (nSPS) is 40.8. The van der Waals surface area contributed by atoms with E-state index in [1.807, 2.05) is 0 Å². The van der Waals surface area contributed by atoms with Crippen LogP contribution < -0.4 is 0 Å². The summed E-state index contributed by atoms with van der Waals surface area (Å²) in [6.45, 7) is 6.75. The molecule has 0 bridgehead atoms. The lowest BCUT2D eigenvalue weighted by molar-refractivity contribution is 0.141. The number of epoxide rings is 1. The summed E-state index contributed by atoms with van der Waals surface area (Å²) < 4.78 is 11.6. The highest BCUT2D eigenvalue weighted by atomic mass is 28.4. The highest BCUT2D eigenvalue weighted by Crippen LogP contribution is 2.39. The number of hydrogen-bond donors (Lipinski definition) is 0. The molecule has 0 aromatic rings. The first kappa shape index (κ1) is 8.72. The first-order chi connectivity index (χ1) is 5.56. The van der Waals surface area contributed by atoms with Crippen molar-refractivity contribution >= 4 is 8.32 Å². The third-order valence-electron chi connectivity index (χ3n) is 2.47. The predicted molar refractivity (Wildman–Crippen MR) is 50.7 cm³/mol. The Labute approximate surface area is 75.4 Å². The number of rotatable bonds is 2. The van der Waals surface area contributed by atoms with Crippen LogP contribution in [0.1, 0.15) is 19.3 Å². The van der Waals surface area contributed by atoms with E-state index >= 15 is 0 Å². The highest BCUT2D eigenvalue weighted by Gasteiger charge is 2.48. The molecule has 0 spiro atoms. The van der Waals surface area contributed by atoms with Gasteiger partial charge < -0.3 is 9.16 Å². The van der Waals surface area contributed by atoms with Gasteiger partial charge in [0.25, 0.3) is 0 Å². The molecule has 2 rings (SSSR count). The van der Waals surface area contributed by atoms with Crippen molar-refractivity contribution in [3.05, 3.63) is 0 Å². The lowest BCUT2D eigenvalue weighted by Gasteiger charge is -2.27. The first-order valence-corrected chi connectivity index (χ1v) is 8.30. The van der Waals surface area contributed by atoms with Crippen LogP contribution in [0.4, 0.5) is 0 Å². The summed E-state index contributed by atoms with van der Waals surface area (Å²) in [7, 11) is -1.34. The fraction of sp³-hybridized carbons (Fsp3) is 1.00. The molecule has 3 atom stereocenters. The highest BCUT2D eigenvalue weighted by molar-refractivity contribution is 6.69. The van der Waals surface area contributed by atoms with Crippen LogP contribution in [-0.4, -0.2) is 26.6 Å². The lowest BCUT2D eigenvalue weighted by atomic mass is 9.98. The summed E-state index contributed by atoms with van der Waals surface area (Å²) in [5.74, 6) is 0. The molecule has 1 aliphatic carbocycles. The van der Waals surface area contributed by atoms with Crippen LogP contribution in [-0.2, 0) is 9.16 Å². The van der Waals surface area contributed by atoms with Crippen molar-refractivity contribution in [3.8, 4) is 0 Å². The van der Waals surface area contributed by atoms with E-state index in [1.54, 1.807) is 0 Å². The van der Waals surface area contributed by atoms with Crippen molar-refractivity contribution in [1.29, 1.82) is 0 Å². The number of ether oxygens (including phenoxy) is 1. The van der Waals surface area contributed by atoms with Gasteiger partial charge in [-0.15, -0.1) is 0 Å². The maximum absolute atomic E-state index is 6.05. The Bertz CT molecular complexity index is 176. The Morgan fingerprint density at radius 2 is 2.00 bits per heavy atom. The largest absolute Gasteiger partial charge is 0.412 e. The van der Waals surface area contributed by atoms with E-state index in [0.717, 1.165) is 0 Å². The van der Waals surface area contributed by atoms with Gasteiger partial charge in [-0.3, -0.25) is 0 Å². The molecule has 0 aromatic heterocycles. The molecule has 1 heterocycles. The topological polar surface area (TPSA) is 21.8 Å². The quantitative estimate of drug-likeness (QED) is 0.487. The van der Waals surface area contributed by atoms with Gasteiger partial charge in [0.05, 0.1) is 12.2 Å². The molecule has 0 aromatic carbocycles. The van der Waals surface area contributed by atoms with E-state index < -0.39 is 8.32 Å². The van der Waals surface area contributed by atoms with Crippen LogP contribution >= 0.6 is 0 Å². The molecular weight excluding hydrogens is 168 g/mol. The monoisotopic (exact) mass is 186 g/mol. The molecule has 2 nitrogen and oxygen atoms in total. The molecule has 3 heteroatoms. The molecule has 1 aliphatic heterocycles. The molecule has 0 radical (unpaired) electrons. The van der Waals surface area contributed by atoms with Gasteiger partial charge in [-0.1, -0.05) is 0 Å². The van der Waals surface area contributed by atoms with Gasteiger partial charge in [-0.2, -0.15) is 0 Å². The van der Waals surface area contributed by atoms with Crippen LogP contribution in [0, 0.1) is 0 Å². The molecule has 70 valence electrons. The second-order valence-electron chi connectivity index (χ2n) is 4.84. The average Bonchev–Trinajstić information content (AvgIpc) is 2.62. The first-order valence-electron chi connectivity index (χ1n) is 4.89. The molecule has 1 saturated carbocycles. The number of hydrogen-bond acceptors (Lipinski definition) is 2. The fourth-order valence-corrected chi connectivity index (χ4v) is 3.14. The minimum atomic E-state index is -1.34. The minimum Gasteiger partial charge on any atom is -0.412 e. The molecule has 0 amide bonds. The van der Waals surface area contributed by atoms with Gasteiger partial charge in [-0.25, -0.2) is 0 Å². The predicted octanol–water partition coefficient (Wildman–Crippen LogP) is 2.16. The van der Waals surface area contributed by atoms with Crippen molar-refractivity contribution in [3.63, 3.8) is 0 Å². The Morgan fingerprint density at radius 1 is 1.25 bits per heavy atom.